The first-order valence-electron chi connectivity index (χ1n) is 10.1. The molecule has 0 radical (unpaired) electrons. The Bertz CT molecular complexity index is 1600. The quantitative estimate of drug-likeness (QED) is 0.302. The first-order chi connectivity index (χ1) is 16.4. The average molecular weight is 492 g/mol. The largest absolute Gasteiger partial charge is 0.496 e. The van der Waals surface area contributed by atoms with Crippen molar-refractivity contribution in [1.82, 2.24) is 4.98 Å². The highest BCUT2D eigenvalue weighted by atomic mass is 35.5. The maximum absolute atomic E-state index is 13.1. The van der Waals surface area contributed by atoms with E-state index in [1.807, 2.05) is 0 Å². The van der Waals surface area contributed by atoms with Crippen molar-refractivity contribution in [3.63, 3.8) is 0 Å². The number of hydrogen-bond donors (Lipinski definition) is 1. The molecule has 9 heteroatoms. The fourth-order valence-electron chi connectivity index (χ4n) is 4.12. The second-order valence-electron chi connectivity index (χ2n) is 7.50. The lowest BCUT2D eigenvalue weighted by Crippen LogP contribution is -2.26. The van der Waals surface area contributed by atoms with E-state index in [-0.39, 0.29) is 27.9 Å². The third-order valence-electron chi connectivity index (χ3n) is 5.64. The van der Waals surface area contributed by atoms with Gasteiger partial charge in [0.1, 0.15) is 28.1 Å². The molecule has 3 heterocycles. The van der Waals surface area contributed by atoms with Gasteiger partial charge in [-0.25, -0.2) is 9.78 Å². The average Bonchev–Trinajstić information content (AvgIpc) is 2.83. The van der Waals surface area contributed by atoms with Crippen molar-refractivity contribution >= 4 is 34.2 Å². The van der Waals surface area contributed by atoms with E-state index >= 15 is 0 Å². The van der Waals surface area contributed by atoms with Gasteiger partial charge in [-0.05, 0) is 35.9 Å². The summed E-state index contributed by atoms with van der Waals surface area (Å²) in [5.74, 6) is -0.141. The summed E-state index contributed by atoms with van der Waals surface area (Å²) in [6, 6.07) is 15.8. The summed E-state index contributed by atoms with van der Waals surface area (Å²) >= 11 is 12.4. The summed E-state index contributed by atoms with van der Waals surface area (Å²) in [4.78, 5) is 17.2. The van der Waals surface area contributed by atoms with Crippen molar-refractivity contribution in [2.75, 3.05) is 7.11 Å². The molecule has 2 aromatic heterocycles. The highest BCUT2D eigenvalue weighted by molar-refractivity contribution is 6.35. The van der Waals surface area contributed by atoms with E-state index in [1.165, 1.54) is 19.4 Å². The Balaban J connectivity index is 1.80. The zero-order valence-corrected chi connectivity index (χ0v) is 19.1. The van der Waals surface area contributed by atoms with Crippen LogP contribution in [0.3, 0.4) is 0 Å². The van der Waals surface area contributed by atoms with Crippen molar-refractivity contribution in [3.05, 3.63) is 97.9 Å². The van der Waals surface area contributed by atoms with Gasteiger partial charge in [0.2, 0.25) is 5.88 Å². The lowest BCUT2D eigenvalue weighted by atomic mass is 9.82. The van der Waals surface area contributed by atoms with Crippen LogP contribution in [0.2, 0.25) is 10.2 Å². The number of ether oxygens (including phenoxy) is 2. The number of nitrogens with zero attached hydrogens (tertiary/aromatic N) is 2. The molecule has 0 saturated heterocycles. The molecule has 5 rings (SSSR count). The predicted octanol–water partition coefficient (Wildman–Crippen LogP) is 5.39. The Kier molecular flexibility index (Phi) is 5.40. The number of allylic oxidation sites excluding steroid dienone is 1. The van der Waals surface area contributed by atoms with E-state index in [4.69, 9.17) is 42.8 Å². The molecule has 0 spiro atoms. The van der Waals surface area contributed by atoms with Crippen molar-refractivity contribution in [3.8, 4) is 28.7 Å². The zero-order chi connectivity index (χ0) is 24.0. The topological polar surface area (TPSA) is 111 Å². The van der Waals surface area contributed by atoms with Crippen LogP contribution in [0.25, 0.3) is 22.1 Å². The molecule has 0 aliphatic carbocycles. The van der Waals surface area contributed by atoms with Gasteiger partial charge >= 0.3 is 5.63 Å². The van der Waals surface area contributed by atoms with Crippen molar-refractivity contribution in [2.24, 2.45) is 5.73 Å². The Morgan fingerprint density at radius 2 is 1.94 bits per heavy atom. The van der Waals surface area contributed by atoms with E-state index in [0.29, 0.717) is 38.4 Å². The molecule has 1 aliphatic heterocycles. The minimum Gasteiger partial charge on any atom is -0.496 e. The highest BCUT2D eigenvalue weighted by Crippen LogP contribution is 2.45. The maximum Gasteiger partial charge on any atom is 0.344 e. The van der Waals surface area contributed by atoms with Crippen LogP contribution in [-0.2, 0) is 0 Å². The number of rotatable bonds is 3. The standard InChI is InChI=1S/C25H15Cl2N3O4/c1-32-18-7-6-12(8-14(18)16-11-30-20(27)9-17(16)26)21-15(10-28)24(29)34-23-13-4-2-3-5-19(13)33-25(31)22(21)23/h2-9,11,21H,29H2,1H3. The minimum absolute atomic E-state index is 0.0840. The van der Waals surface area contributed by atoms with E-state index in [1.54, 1.807) is 42.5 Å². The summed E-state index contributed by atoms with van der Waals surface area (Å²) in [6.45, 7) is 0. The van der Waals surface area contributed by atoms with E-state index < -0.39 is 11.5 Å². The van der Waals surface area contributed by atoms with E-state index in [0.717, 1.165) is 0 Å². The summed E-state index contributed by atoms with van der Waals surface area (Å²) in [6.07, 6.45) is 1.53. The van der Waals surface area contributed by atoms with Gasteiger partial charge in [0, 0.05) is 17.3 Å². The molecule has 1 atom stereocenters. The Labute approximate surface area is 203 Å². The highest BCUT2D eigenvalue weighted by Gasteiger charge is 2.36. The molecule has 2 N–H and O–H groups in total. The number of aromatic nitrogens is 1. The molecular weight excluding hydrogens is 477 g/mol. The summed E-state index contributed by atoms with van der Waals surface area (Å²) in [5, 5.41) is 11.1. The summed E-state index contributed by atoms with van der Waals surface area (Å²) in [5.41, 5.74) is 7.91. The van der Waals surface area contributed by atoms with Gasteiger partial charge in [-0.1, -0.05) is 41.4 Å². The number of pyridine rings is 1. The molecular formula is C25H15Cl2N3O4. The molecule has 0 amide bonds. The third kappa shape index (κ3) is 3.45. The number of hydrogen-bond acceptors (Lipinski definition) is 7. The van der Waals surface area contributed by atoms with Crippen molar-refractivity contribution < 1.29 is 13.9 Å². The molecule has 0 bridgehead atoms. The van der Waals surface area contributed by atoms with Gasteiger partial charge in [-0.15, -0.1) is 0 Å². The number of para-hydroxylation sites is 1. The van der Waals surface area contributed by atoms with Gasteiger partial charge in [0.25, 0.3) is 0 Å². The Hall–Kier alpha value is -3.99. The first-order valence-corrected chi connectivity index (χ1v) is 10.8. The van der Waals surface area contributed by atoms with Gasteiger partial charge in [0.15, 0.2) is 5.75 Å². The Morgan fingerprint density at radius 1 is 1.15 bits per heavy atom. The van der Waals surface area contributed by atoms with Crippen LogP contribution in [0.15, 0.2) is 75.4 Å². The van der Waals surface area contributed by atoms with Crippen molar-refractivity contribution in [1.29, 1.82) is 5.26 Å². The smallest absolute Gasteiger partial charge is 0.344 e. The molecule has 34 heavy (non-hydrogen) atoms. The number of halogens is 2. The van der Waals surface area contributed by atoms with Crippen LogP contribution in [0, 0.1) is 11.3 Å². The van der Waals surface area contributed by atoms with E-state index in [2.05, 4.69) is 11.1 Å². The fourth-order valence-corrected chi connectivity index (χ4v) is 4.59. The number of methoxy groups -OCH3 is 1. The van der Waals surface area contributed by atoms with Crippen LogP contribution in [0.1, 0.15) is 17.0 Å². The minimum atomic E-state index is -0.835. The monoisotopic (exact) mass is 491 g/mol. The lowest BCUT2D eigenvalue weighted by molar-refractivity contribution is 0.388. The third-order valence-corrected chi connectivity index (χ3v) is 6.16. The molecule has 1 unspecified atom stereocenters. The fraction of sp³-hybridized carbons (Fsp3) is 0.0800. The first kappa shape index (κ1) is 21.8. The number of benzene rings is 2. The van der Waals surface area contributed by atoms with Gasteiger partial charge in [0.05, 0.1) is 29.0 Å². The second kappa shape index (κ2) is 8.41. The molecule has 4 aromatic rings. The lowest BCUT2D eigenvalue weighted by Gasteiger charge is -2.26. The van der Waals surface area contributed by atoms with Crippen LogP contribution < -0.4 is 20.8 Å². The maximum atomic E-state index is 13.1. The SMILES string of the molecule is COc1ccc(C2C(C#N)=C(N)Oc3c2c(=O)oc2ccccc32)cc1-c1cnc(Cl)cc1Cl. The van der Waals surface area contributed by atoms with E-state index in [9.17, 15) is 10.1 Å². The predicted molar refractivity (Wildman–Crippen MR) is 128 cm³/mol. The van der Waals surface area contributed by atoms with Crippen LogP contribution in [-0.4, -0.2) is 12.1 Å². The number of nitrogens with two attached hydrogens (primary N) is 1. The number of nitriles is 1. The molecule has 168 valence electrons. The molecule has 7 nitrogen and oxygen atoms in total. The summed E-state index contributed by atoms with van der Waals surface area (Å²) < 4.78 is 16.9. The Morgan fingerprint density at radius 3 is 2.68 bits per heavy atom. The van der Waals surface area contributed by atoms with Crippen LogP contribution >= 0.6 is 23.2 Å². The molecule has 0 saturated carbocycles. The van der Waals surface area contributed by atoms with Gasteiger partial charge in [-0.3, -0.25) is 0 Å². The summed E-state index contributed by atoms with van der Waals surface area (Å²) in [7, 11) is 1.53. The molecule has 1 aliphatic rings. The normalized spacial score (nSPS) is 14.9. The van der Waals surface area contributed by atoms with Gasteiger partial charge < -0.3 is 19.6 Å². The van der Waals surface area contributed by atoms with Crippen LogP contribution in [0.5, 0.6) is 11.5 Å². The number of fused-ring (bicyclic) bond motifs is 3. The molecule has 0 fully saturated rings. The van der Waals surface area contributed by atoms with Gasteiger partial charge in [-0.2, -0.15) is 5.26 Å². The molecule has 2 aromatic carbocycles. The zero-order valence-electron chi connectivity index (χ0n) is 17.6. The second-order valence-corrected chi connectivity index (χ2v) is 8.29. The van der Waals surface area contributed by atoms with Crippen molar-refractivity contribution in [2.45, 2.75) is 5.92 Å². The van der Waals surface area contributed by atoms with Crippen LogP contribution in [0.4, 0.5) is 0 Å².